The van der Waals surface area contributed by atoms with E-state index in [1.54, 1.807) is 0 Å². The van der Waals surface area contributed by atoms with Crippen molar-refractivity contribution in [1.29, 1.82) is 0 Å². The lowest BCUT2D eigenvalue weighted by Crippen LogP contribution is -2.43. The second-order valence-corrected chi connectivity index (χ2v) is 3.70. The number of allylic oxidation sites excluding steroid dienone is 1. The molecule has 0 aromatic rings. The Morgan fingerprint density at radius 1 is 1.64 bits per heavy atom. The van der Waals surface area contributed by atoms with Crippen LogP contribution in [0.4, 0.5) is 0 Å². The molecule has 5 heteroatoms. The number of nitrogens with one attached hydrogen (secondary N) is 1. The Morgan fingerprint density at radius 3 is 3.14 bits per heavy atom. The fourth-order valence-corrected chi connectivity index (χ4v) is 2.00. The molecule has 78 valence electrons. The molecule has 1 aliphatic heterocycles. The number of morpholine rings is 1. The van der Waals surface area contributed by atoms with Crippen molar-refractivity contribution in [2.75, 3.05) is 13.2 Å². The third kappa shape index (κ3) is 1.55. The van der Waals surface area contributed by atoms with Gasteiger partial charge in [0, 0.05) is 18.7 Å². The molecule has 0 amide bonds. The van der Waals surface area contributed by atoms with Crippen LogP contribution in [-0.4, -0.2) is 30.3 Å². The largest absolute Gasteiger partial charge is 0.481 e. The smallest absolute Gasteiger partial charge is 0.307 e. The summed E-state index contributed by atoms with van der Waals surface area (Å²) in [7, 11) is 0. The molecular formula is C9H14N2O3. The molecular weight excluding hydrogens is 184 g/mol. The SMILES string of the molecule is NC1=C2NCCOC2CC(C(=O)O)C1. The highest BCUT2D eigenvalue weighted by molar-refractivity contribution is 5.71. The highest BCUT2D eigenvalue weighted by Gasteiger charge is 2.34. The fraction of sp³-hybridized carbons (Fsp3) is 0.667. The van der Waals surface area contributed by atoms with Crippen molar-refractivity contribution >= 4 is 5.97 Å². The van der Waals surface area contributed by atoms with Gasteiger partial charge in [-0.25, -0.2) is 0 Å². The van der Waals surface area contributed by atoms with Crippen LogP contribution in [0.5, 0.6) is 0 Å². The van der Waals surface area contributed by atoms with Gasteiger partial charge in [0.05, 0.1) is 24.3 Å². The van der Waals surface area contributed by atoms with Gasteiger partial charge in [-0.15, -0.1) is 0 Å². The molecule has 5 nitrogen and oxygen atoms in total. The number of hydrogen-bond donors (Lipinski definition) is 3. The zero-order chi connectivity index (χ0) is 10.1. The summed E-state index contributed by atoms with van der Waals surface area (Å²) in [4.78, 5) is 10.8. The number of ether oxygens (including phenoxy) is 1. The fourth-order valence-electron chi connectivity index (χ4n) is 2.00. The van der Waals surface area contributed by atoms with E-state index in [1.807, 2.05) is 0 Å². The van der Waals surface area contributed by atoms with E-state index in [0.29, 0.717) is 25.1 Å². The summed E-state index contributed by atoms with van der Waals surface area (Å²) >= 11 is 0. The minimum absolute atomic E-state index is 0.140. The van der Waals surface area contributed by atoms with Crippen LogP contribution in [0.3, 0.4) is 0 Å². The van der Waals surface area contributed by atoms with Crippen LogP contribution in [0.25, 0.3) is 0 Å². The number of carboxylic acids is 1. The van der Waals surface area contributed by atoms with Gasteiger partial charge >= 0.3 is 5.97 Å². The van der Waals surface area contributed by atoms with E-state index in [4.69, 9.17) is 15.6 Å². The highest BCUT2D eigenvalue weighted by Crippen LogP contribution is 2.29. The van der Waals surface area contributed by atoms with Gasteiger partial charge in [-0.3, -0.25) is 4.79 Å². The summed E-state index contributed by atoms with van der Waals surface area (Å²) in [6, 6.07) is 0. The number of aliphatic carboxylic acids is 1. The number of carboxylic acid groups (broad SMARTS) is 1. The van der Waals surface area contributed by atoms with Crippen molar-refractivity contribution in [3.63, 3.8) is 0 Å². The van der Waals surface area contributed by atoms with Crippen molar-refractivity contribution in [1.82, 2.24) is 5.32 Å². The predicted molar refractivity (Wildman–Crippen MR) is 49.3 cm³/mol. The molecule has 1 fully saturated rings. The highest BCUT2D eigenvalue weighted by atomic mass is 16.5. The van der Waals surface area contributed by atoms with Gasteiger partial charge in [0.15, 0.2) is 0 Å². The monoisotopic (exact) mass is 198 g/mol. The lowest BCUT2D eigenvalue weighted by molar-refractivity contribution is -0.143. The maximum Gasteiger partial charge on any atom is 0.307 e. The van der Waals surface area contributed by atoms with Crippen molar-refractivity contribution in [2.45, 2.75) is 18.9 Å². The normalized spacial score (nSPS) is 32.0. The van der Waals surface area contributed by atoms with Crippen LogP contribution in [0.2, 0.25) is 0 Å². The molecule has 2 unspecified atom stereocenters. The number of hydrogen-bond acceptors (Lipinski definition) is 4. The second-order valence-electron chi connectivity index (χ2n) is 3.70. The summed E-state index contributed by atoms with van der Waals surface area (Å²) in [5.74, 6) is -1.19. The van der Waals surface area contributed by atoms with Crippen LogP contribution >= 0.6 is 0 Å². The summed E-state index contributed by atoms with van der Waals surface area (Å²) in [5.41, 5.74) is 7.32. The molecule has 4 N–H and O–H groups in total. The molecule has 0 aromatic heterocycles. The molecule has 0 spiro atoms. The molecule has 2 aliphatic rings. The van der Waals surface area contributed by atoms with Crippen molar-refractivity contribution in [2.24, 2.45) is 11.7 Å². The Labute approximate surface area is 81.9 Å². The average Bonchev–Trinajstić information content (AvgIpc) is 2.17. The van der Waals surface area contributed by atoms with Crippen LogP contribution in [0.1, 0.15) is 12.8 Å². The van der Waals surface area contributed by atoms with Crippen molar-refractivity contribution in [3.8, 4) is 0 Å². The zero-order valence-corrected chi connectivity index (χ0v) is 7.82. The predicted octanol–water partition coefficient (Wildman–Crippen LogP) is -0.360. The minimum atomic E-state index is -0.791. The second kappa shape index (κ2) is 3.49. The molecule has 0 radical (unpaired) electrons. The summed E-state index contributed by atoms with van der Waals surface area (Å²) in [6.07, 6.45) is 0.814. The van der Waals surface area contributed by atoms with E-state index in [1.165, 1.54) is 0 Å². The molecule has 1 saturated heterocycles. The first kappa shape index (κ1) is 9.33. The van der Waals surface area contributed by atoms with Gasteiger partial charge < -0.3 is 20.9 Å². The van der Waals surface area contributed by atoms with Crippen LogP contribution in [0, 0.1) is 5.92 Å². The Kier molecular flexibility index (Phi) is 2.33. The number of carbonyl (C=O) groups is 1. The van der Waals surface area contributed by atoms with Gasteiger partial charge in [-0.2, -0.15) is 0 Å². The van der Waals surface area contributed by atoms with Crippen LogP contribution in [0.15, 0.2) is 11.4 Å². The van der Waals surface area contributed by atoms with Gasteiger partial charge in [0.2, 0.25) is 0 Å². The topological polar surface area (TPSA) is 84.6 Å². The molecule has 1 aliphatic carbocycles. The molecule has 0 saturated carbocycles. The molecule has 14 heavy (non-hydrogen) atoms. The first-order valence-electron chi connectivity index (χ1n) is 4.75. The van der Waals surface area contributed by atoms with E-state index >= 15 is 0 Å². The Bertz CT molecular complexity index is 288. The van der Waals surface area contributed by atoms with Gasteiger partial charge in [-0.1, -0.05) is 0 Å². The summed E-state index contributed by atoms with van der Waals surface area (Å²) in [5, 5.41) is 12.1. The van der Waals surface area contributed by atoms with Gasteiger partial charge in [-0.05, 0) is 6.42 Å². The number of nitrogens with two attached hydrogens (primary N) is 1. The zero-order valence-electron chi connectivity index (χ0n) is 7.82. The molecule has 0 aromatic carbocycles. The van der Waals surface area contributed by atoms with Crippen LogP contribution in [-0.2, 0) is 9.53 Å². The van der Waals surface area contributed by atoms with E-state index in [2.05, 4.69) is 5.32 Å². The molecule has 0 bridgehead atoms. The maximum atomic E-state index is 10.8. The lowest BCUT2D eigenvalue weighted by atomic mass is 9.87. The molecule has 2 rings (SSSR count). The summed E-state index contributed by atoms with van der Waals surface area (Å²) < 4.78 is 5.47. The lowest BCUT2D eigenvalue weighted by Gasteiger charge is -2.34. The average molecular weight is 198 g/mol. The quantitative estimate of drug-likeness (QED) is 0.536. The minimum Gasteiger partial charge on any atom is -0.481 e. The maximum absolute atomic E-state index is 10.8. The standard InChI is InChI=1S/C9H14N2O3/c10-6-3-5(9(12)13)4-7-8(6)11-1-2-14-7/h5,7,11H,1-4,10H2,(H,12,13). The van der Waals surface area contributed by atoms with E-state index < -0.39 is 11.9 Å². The van der Waals surface area contributed by atoms with Crippen LogP contribution < -0.4 is 11.1 Å². The van der Waals surface area contributed by atoms with Crippen molar-refractivity contribution in [3.05, 3.63) is 11.4 Å². The summed E-state index contributed by atoms with van der Waals surface area (Å²) in [6.45, 7) is 1.37. The van der Waals surface area contributed by atoms with E-state index in [0.717, 1.165) is 12.2 Å². The molecule has 1 heterocycles. The first-order valence-corrected chi connectivity index (χ1v) is 4.75. The Balaban J connectivity index is 2.18. The van der Waals surface area contributed by atoms with Gasteiger partial charge in [0.25, 0.3) is 0 Å². The Hall–Kier alpha value is -1.23. The first-order chi connectivity index (χ1) is 6.68. The van der Waals surface area contributed by atoms with E-state index in [9.17, 15) is 4.79 Å². The third-order valence-corrected chi connectivity index (χ3v) is 2.72. The Morgan fingerprint density at radius 2 is 2.43 bits per heavy atom. The van der Waals surface area contributed by atoms with Crippen molar-refractivity contribution < 1.29 is 14.6 Å². The van der Waals surface area contributed by atoms with Gasteiger partial charge in [0.1, 0.15) is 0 Å². The van der Waals surface area contributed by atoms with E-state index in [-0.39, 0.29) is 6.10 Å². The number of rotatable bonds is 1. The number of fused-ring (bicyclic) bond motifs is 1. The third-order valence-electron chi connectivity index (χ3n) is 2.72. The molecule has 2 atom stereocenters.